The van der Waals surface area contributed by atoms with Crippen molar-refractivity contribution in [2.45, 2.75) is 32.9 Å². The predicted molar refractivity (Wildman–Crippen MR) is 83.6 cm³/mol. The summed E-state index contributed by atoms with van der Waals surface area (Å²) in [5.74, 6) is 0.693. The number of hydrogen-bond donors (Lipinski definition) is 1. The molecule has 0 bridgehead atoms. The Kier molecular flexibility index (Phi) is 5.76. The van der Waals surface area contributed by atoms with E-state index in [9.17, 15) is 4.79 Å². The summed E-state index contributed by atoms with van der Waals surface area (Å²) in [5, 5.41) is 0. The molecule has 1 aromatic carbocycles. The van der Waals surface area contributed by atoms with E-state index in [-0.39, 0.29) is 17.9 Å². The molecule has 1 heterocycles. The summed E-state index contributed by atoms with van der Waals surface area (Å²) in [4.78, 5) is 14.1. The van der Waals surface area contributed by atoms with Crippen molar-refractivity contribution in [1.82, 2.24) is 4.90 Å². The maximum Gasteiger partial charge on any atom is 0.239 e. The van der Waals surface area contributed by atoms with E-state index in [4.69, 9.17) is 10.5 Å². The van der Waals surface area contributed by atoms with Crippen LogP contribution < -0.4 is 5.73 Å². The van der Waals surface area contributed by atoms with Gasteiger partial charge in [-0.3, -0.25) is 4.79 Å². The van der Waals surface area contributed by atoms with Crippen LogP contribution in [0.1, 0.15) is 25.8 Å². The van der Waals surface area contributed by atoms with Gasteiger partial charge in [-0.05, 0) is 17.9 Å². The number of hydrogen-bond acceptors (Lipinski definition) is 3. The quantitative estimate of drug-likeness (QED) is 0.872. The van der Waals surface area contributed by atoms with Gasteiger partial charge in [-0.1, -0.05) is 44.2 Å². The van der Waals surface area contributed by atoms with Gasteiger partial charge in [0.15, 0.2) is 0 Å². The fourth-order valence-corrected chi connectivity index (χ4v) is 2.58. The standard InChI is InChI=1S/C17H26N2O2/c1-13(2)16(18)17(20)19-9-8-15(10-19)12-21-11-14-6-4-3-5-7-14/h3-7,13,15-16H,8-12,18H2,1-2H3/t15?,16-/m0/s1. The van der Waals surface area contributed by atoms with Crippen molar-refractivity contribution in [3.8, 4) is 0 Å². The van der Waals surface area contributed by atoms with Crippen LogP contribution >= 0.6 is 0 Å². The molecule has 0 aromatic heterocycles. The lowest BCUT2D eigenvalue weighted by molar-refractivity contribution is -0.132. The number of amides is 1. The van der Waals surface area contributed by atoms with Crippen molar-refractivity contribution in [3.05, 3.63) is 35.9 Å². The van der Waals surface area contributed by atoms with Crippen molar-refractivity contribution < 1.29 is 9.53 Å². The minimum atomic E-state index is -0.381. The third kappa shape index (κ3) is 4.55. The van der Waals surface area contributed by atoms with E-state index in [1.54, 1.807) is 0 Å². The summed E-state index contributed by atoms with van der Waals surface area (Å²) in [6.45, 7) is 6.89. The molecule has 4 heteroatoms. The molecule has 2 N–H and O–H groups in total. The van der Waals surface area contributed by atoms with Gasteiger partial charge in [0, 0.05) is 19.0 Å². The number of benzene rings is 1. The molecule has 21 heavy (non-hydrogen) atoms. The van der Waals surface area contributed by atoms with Gasteiger partial charge in [-0.15, -0.1) is 0 Å². The zero-order valence-electron chi connectivity index (χ0n) is 13.0. The van der Waals surface area contributed by atoms with Gasteiger partial charge >= 0.3 is 0 Å². The minimum absolute atomic E-state index is 0.0792. The Morgan fingerprint density at radius 3 is 2.76 bits per heavy atom. The van der Waals surface area contributed by atoms with E-state index < -0.39 is 0 Å². The van der Waals surface area contributed by atoms with Crippen LogP contribution in [0, 0.1) is 11.8 Å². The van der Waals surface area contributed by atoms with Gasteiger partial charge in [-0.2, -0.15) is 0 Å². The topological polar surface area (TPSA) is 55.6 Å². The lowest BCUT2D eigenvalue weighted by Gasteiger charge is -2.23. The molecule has 0 aliphatic carbocycles. The molecular weight excluding hydrogens is 264 g/mol. The van der Waals surface area contributed by atoms with Crippen molar-refractivity contribution in [2.75, 3.05) is 19.7 Å². The number of carbonyl (C=O) groups is 1. The second kappa shape index (κ2) is 7.57. The summed E-state index contributed by atoms with van der Waals surface area (Å²) in [6.07, 6.45) is 1.01. The lowest BCUT2D eigenvalue weighted by Crippen LogP contribution is -2.45. The summed E-state index contributed by atoms with van der Waals surface area (Å²) < 4.78 is 5.77. The zero-order valence-corrected chi connectivity index (χ0v) is 13.0. The van der Waals surface area contributed by atoms with Crippen LogP contribution in [0.3, 0.4) is 0 Å². The Bertz CT molecular complexity index is 447. The predicted octanol–water partition coefficient (Wildman–Crippen LogP) is 2.03. The molecule has 1 unspecified atom stereocenters. The average molecular weight is 290 g/mol. The molecule has 4 nitrogen and oxygen atoms in total. The zero-order chi connectivity index (χ0) is 15.2. The van der Waals surface area contributed by atoms with Crippen molar-refractivity contribution in [3.63, 3.8) is 0 Å². The molecule has 2 atom stereocenters. The van der Waals surface area contributed by atoms with Crippen LogP contribution in [0.4, 0.5) is 0 Å². The second-order valence-corrected chi connectivity index (χ2v) is 6.21. The average Bonchev–Trinajstić information content (AvgIpc) is 2.95. The monoisotopic (exact) mass is 290 g/mol. The van der Waals surface area contributed by atoms with Gasteiger partial charge in [0.05, 0.1) is 19.3 Å². The lowest BCUT2D eigenvalue weighted by atomic mass is 10.0. The molecule has 0 radical (unpaired) electrons. The van der Waals surface area contributed by atoms with E-state index in [2.05, 4.69) is 12.1 Å². The van der Waals surface area contributed by atoms with Crippen LogP contribution in [0.25, 0.3) is 0 Å². The van der Waals surface area contributed by atoms with E-state index in [1.807, 2.05) is 36.9 Å². The fraction of sp³-hybridized carbons (Fsp3) is 0.588. The summed E-state index contributed by atoms with van der Waals surface area (Å²) in [6, 6.07) is 9.78. The van der Waals surface area contributed by atoms with E-state index in [0.717, 1.165) is 19.5 Å². The third-order valence-corrected chi connectivity index (χ3v) is 4.07. The molecule has 1 saturated heterocycles. The van der Waals surface area contributed by atoms with Crippen LogP contribution in [-0.4, -0.2) is 36.5 Å². The first kappa shape index (κ1) is 16.0. The molecular formula is C17H26N2O2. The number of nitrogens with zero attached hydrogens (tertiary/aromatic N) is 1. The molecule has 2 rings (SSSR count). The number of ether oxygens (including phenoxy) is 1. The third-order valence-electron chi connectivity index (χ3n) is 4.07. The highest BCUT2D eigenvalue weighted by Crippen LogP contribution is 2.19. The maximum absolute atomic E-state index is 12.2. The SMILES string of the molecule is CC(C)[C@H](N)C(=O)N1CCC(COCc2ccccc2)C1. The largest absolute Gasteiger partial charge is 0.376 e. The molecule has 1 aliphatic heterocycles. The van der Waals surface area contributed by atoms with Crippen LogP contribution in [0.2, 0.25) is 0 Å². The normalized spacial score (nSPS) is 20.0. The van der Waals surface area contributed by atoms with Crippen LogP contribution in [-0.2, 0) is 16.1 Å². The number of likely N-dealkylation sites (tertiary alicyclic amines) is 1. The van der Waals surface area contributed by atoms with Gasteiger partial charge in [0.25, 0.3) is 0 Å². The molecule has 1 aliphatic rings. The van der Waals surface area contributed by atoms with Crippen molar-refractivity contribution in [1.29, 1.82) is 0 Å². The Labute approximate surface area is 127 Å². The van der Waals surface area contributed by atoms with E-state index in [1.165, 1.54) is 5.56 Å². The highest BCUT2D eigenvalue weighted by Gasteiger charge is 2.30. The Morgan fingerprint density at radius 1 is 1.38 bits per heavy atom. The summed E-state index contributed by atoms with van der Waals surface area (Å²) in [5.41, 5.74) is 7.12. The van der Waals surface area contributed by atoms with E-state index >= 15 is 0 Å². The van der Waals surface area contributed by atoms with Gasteiger partial charge in [0.1, 0.15) is 0 Å². The first-order valence-corrected chi connectivity index (χ1v) is 7.74. The summed E-state index contributed by atoms with van der Waals surface area (Å²) in [7, 11) is 0. The Hall–Kier alpha value is -1.39. The Morgan fingerprint density at radius 2 is 2.10 bits per heavy atom. The highest BCUT2D eigenvalue weighted by atomic mass is 16.5. The van der Waals surface area contributed by atoms with Crippen LogP contribution in [0.5, 0.6) is 0 Å². The fourth-order valence-electron chi connectivity index (χ4n) is 2.58. The number of nitrogens with two attached hydrogens (primary N) is 1. The molecule has 0 saturated carbocycles. The molecule has 0 spiro atoms. The molecule has 1 amide bonds. The van der Waals surface area contributed by atoms with Crippen LogP contribution in [0.15, 0.2) is 30.3 Å². The van der Waals surface area contributed by atoms with E-state index in [0.29, 0.717) is 19.1 Å². The first-order valence-electron chi connectivity index (χ1n) is 7.74. The smallest absolute Gasteiger partial charge is 0.239 e. The van der Waals surface area contributed by atoms with Gasteiger partial charge in [0.2, 0.25) is 5.91 Å². The van der Waals surface area contributed by atoms with Crippen molar-refractivity contribution in [2.24, 2.45) is 17.6 Å². The first-order chi connectivity index (χ1) is 10.1. The number of carbonyl (C=O) groups excluding carboxylic acids is 1. The molecule has 116 valence electrons. The minimum Gasteiger partial charge on any atom is -0.376 e. The Balaban J connectivity index is 1.72. The molecule has 1 fully saturated rings. The maximum atomic E-state index is 12.2. The van der Waals surface area contributed by atoms with Gasteiger partial charge < -0.3 is 15.4 Å². The van der Waals surface area contributed by atoms with Crippen molar-refractivity contribution >= 4 is 5.91 Å². The highest BCUT2D eigenvalue weighted by molar-refractivity contribution is 5.82. The summed E-state index contributed by atoms with van der Waals surface area (Å²) >= 11 is 0. The molecule has 1 aromatic rings. The van der Waals surface area contributed by atoms with Gasteiger partial charge in [-0.25, -0.2) is 0 Å². The number of rotatable bonds is 6. The second-order valence-electron chi connectivity index (χ2n) is 6.21.